The fourth-order valence-electron chi connectivity index (χ4n) is 1.73. The highest BCUT2D eigenvalue weighted by Gasteiger charge is 2.31. The Bertz CT molecular complexity index is 440. The van der Waals surface area contributed by atoms with Crippen LogP contribution in [-0.4, -0.2) is 18.2 Å². The number of ether oxygens (including phenoxy) is 1. The molecule has 0 saturated carbocycles. The van der Waals surface area contributed by atoms with Gasteiger partial charge in [-0.25, -0.2) is 4.79 Å². The van der Waals surface area contributed by atoms with E-state index >= 15 is 0 Å². The van der Waals surface area contributed by atoms with Crippen molar-refractivity contribution in [3.05, 3.63) is 28.8 Å². The van der Waals surface area contributed by atoms with Gasteiger partial charge >= 0.3 is 0 Å². The third-order valence-corrected chi connectivity index (χ3v) is 2.76. The number of aliphatic imine (C=N–C) groups is 1. The number of halogens is 1. The van der Waals surface area contributed by atoms with Crippen LogP contribution in [0.25, 0.3) is 0 Å². The van der Waals surface area contributed by atoms with Crippen LogP contribution in [0.15, 0.2) is 23.2 Å². The van der Waals surface area contributed by atoms with E-state index < -0.39 is 5.54 Å². The zero-order valence-corrected chi connectivity index (χ0v) is 9.04. The summed E-state index contributed by atoms with van der Waals surface area (Å²) in [5, 5.41) is 0.602. The van der Waals surface area contributed by atoms with Crippen LogP contribution in [0.2, 0.25) is 5.02 Å². The normalized spacial score (nSPS) is 23.6. The van der Waals surface area contributed by atoms with E-state index in [1.54, 1.807) is 12.1 Å². The van der Waals surface area contributed by atoms with E-state index in [2.05, 4.69) is 4.99 Å². The fraction of sp³-hybridized carbons (Fsp3) is 0.364. The largest absolute Gasteiger partial charge is 0.489 e. The number of fused-ring (bicyclic) bond motifs is 1. The Morgan fingerprint density at radius 2 is 2.40 bits per heavy atom. The van der Waals surface area contributed by atoms with Crippen molar-refractivity contribution >= 4 is 17.7 Å². The first-order valence-corrected chi connectivity index (χ1v) is 5.02. The molecule has 3 nitrogen and oxygen atoms in total. The van der Waals surface area contributed by atoms with Crippen LogP contribution in [0, 0.1) is 0 Å². The van der Waals surface area contributed by atoms with Crippen molar-refractivity contribution in [1.82, 2.24) is 0 Å². The second-order valence-electron chi connectivity index (χ2n) is 3.89. The summed E-state index contributed by atoms with van der Waals surface area (Å²) in [6, 6.07) is 5.58. The number of hydrogen-bond donors (Lipinski definition) is 0. The number of rotatable bonds is 1. The Morgan fingerprint density at radius 1 is 1.60 bits per heavy atom. The molecule has 1 aromatic rings. The number of para-hydroxylation sites is 1. The van der Waals surface area contributed by atoms with Gasteiger partial charge in [0.2, 0.25) is 6.08 Å². The topological polar surface area (TPSA) is 38.7 Å². The van der Waals surface area contributed by atoms with E-state index in [0.29, 0.717) is 23.8 Å². The number of nitrogens with zero attached hydrogens (tertiary/aromatic N) is 1. The van der Waals surface area contributed by atoms with Gasteiger partial charge in [-0.3, -0.25) is 0 Å². The van der Waals surface area contributed by atoms with Crippen LogP contribution in [0.5, 0.6) is 5.75 Å². The minimum Gasteiger partial charge on any atom is -0.489 e. The van der Waals surface area contributed by atoms with Gasteiger partial charge in [-0.1, -0.05) is 23.7 Å². The van der Waals surface area contributed by atoms with Crippen molar-refractivity contribution < 1.29 is 9.53 Å². The molecule has 1 unspecified atom stereocenters. The molecular weight excluding hydrogens is 214 g/mol. The van der Waals surface area contributed by atoms with Gasteiger partial charge in [-0.05, 0) is 18.6 Å². The third-order valence-electron chi connectivity index (χ3n) is 2.46. The van der Waals surface area contributed by atoms with E-state index in [0.717, 1.165) is 5.56 Å². The molecule has 1 aromatic carbocycles. The van der Waals surface area contributed by atoms with Crippen LogP contribution in [-0.2, 0) is 11.2 Å². The van der Waals surface area contributed by atoms with Gasteiger partial charge in [0.15, 0.2) is 0 Å². The number of benzene rings is 1. The van der Waals surface area contributed by atoms with Crippen LogP contribution < -0.4 is 4.74 Å². The number of isocyanates is 1. The summed E-state index contributed by atoms with van der Waals surface area (Å²) >= 11 is 5.98. The molecule has 0 saturated heterocycles. The molecule has 2 rings (SSSR count). The van der Waals surface area contributed by atoms with Crippen molar-refractivity contribution in [2.45, 2.75) is 18.9 Å². The van der Waals surface area contributed by atoms with E-state index in [-0.39, 0.29) is 0 Å². The van der Waals surface area contributed by atoms with Crippen LogP contribution in [0.4, 0.5) is 0 Å². The Hall–Kier alpha value is -1.31. The average molecular weight is 224 g/mol. The molecule has 1 aliphatic rings. The molecule has 0 amide bonds. The van der Waals surface area contributed by atoms with Gasteiger partial charge in [-0.15, -0.1) is 0 Å². The lowest BCUT2D eigenvalue weighted by Gasteiger charge is -2.30. The third kappa shape index (κ3) is 1.89. The smallest absolute Gasteiger partial charge is 0.235 e. The first-order valence-electron chi connectivity index (χ1n) is 4.64. The molecular formula is C11H10ClNO2. The summed E-state index contributed by atoms with van der Waals surface area (Å²) in [6.07, 6.45) is 2.24. The van der Waals surface area contributed by atoms with Gasteiger partial charge in [0.25, 0.3) is 0 Å². The highest BCUT2D eigenvalue weighted by Crippen LogP contribution is 2.36. The summed E-state index contributed by atoms with van der Waals surface area (Å²) in [6.45, 7) is 2.22. The molecule has 0 aliphatic carbocycles. The Balaban J connectivity index is 2.39. The monoisotopic (exact) mass is 223 g/mol. The quantitative estimate of drug-likeness (QED) is 0.542. The molecule has 78 valence electrons. The second-order valence-corrected chi connectivity index (χ2v) is 4.30. The molecule has 0 aromatic heterocycles. The summed E-state index contributed by atoms with van der Waals surface area (Å²) in [5.74, 6) is 0.706. The predicted octanol–water partition coefficient (Wildman–Crippen LogP) is 2.37. The molecule has 0 spiro atoms. The van der Waals surface area contributed by atoms with E-state index in [4.69, 9.17) is 16.3 Å². The highest BCUT2D eigenvalue weighted by molar-refractivity contribution is 6.32. The van der Waals surface area contributed by atoms with Gasteiger partial charge in [0.05, 0.1) is 5.02 Å². The maximum absolute atomic E-state index is 10.3. The summed E-state index contributed by atoms with van der Waals surface area (Å²) in [7, 11) is 0. The van der Waals surface area contributed by atoms with Gasteiger partial charge in [-0.2, -0.15) is 4.99 Å². The van der Waals surface area contributed by atoms with Crippen LogP contribution >= 0.6 is 11.6 Å². The van der Waals surface area contributed by atoms with Crippen molar-refractivity contribution in [3.63, 3.8) is 0 Å². The summed E-state index contributed by atoms with van der Waals surface area (Å²) in [4.78, 5) is 14.1. The molecule has 0 fully saturated rings. The summed E-state index contributed by atoms with van der Waals surface area (Å²) < 4.78 is 5.52. The molecule has 4 heteroatoms. The lowest BCUT2D eigenvalue weighted by molar-refractivity contribution is 0.205. The molecule has 0 N–H and O–H groups in total. The molecule has 1 heterocycles. The molecule has 0 bridgehead atoms. The molecule has 1 atom stereocenters. The van der Waals surface area contributed by atoms with Gasteiger partial charge < -0.3 is 4.74 Å². The van der Waals surface area contributed by atoms with E-state index in [9.17, 15) is 4.79 Å². The minimum absolute atomic E-state index is 0.360. The lowest BCUT2D eigenvalue weighted by Crippen LogP contribution is -2.36. The SMILES string of the molecule is CC1(N=C=O)COc2c(Cl)cccc2C1. The van der Waals surface area contributed by atoms with Crippen molar-refractivity contribution in [2.24, 2.45) is 4.99 Å². The van der Waals surface area contributed by atoms with Crippen molar-refractivity contribution in [3.8, 4) is 5.75 Å². The zero-order chi connectivity index (χ0) is 10.9. The maximum Gasteiger partial charge on any atom is 0.235 e. The van der Waals surface area contributed by atoms with E-state index in [1.807, 2.05) is 19.1 Å². The van der Waals surface area contributed by atoms with Crippen LogP contribution in [0.3, 0.4) is 0 Å². The number of carbonyl (C=O) groups excluding carboxylic acids is 1. The van der Waals surface area contributed by atoms with Gasteiger partial charge in [0, 0.05) is 6.42 Å². The average Bonchev–Trinajstić information content (AvgIpc) is 2.17. The minimum atomic E-state index is -0.514. The van der Waals surface area contributed by atoms with Gasteiger partial charge in [0.1, 0.15) is 17.9 Å². The Kier molecular flexibility index (Phi) is 2.51. The Labute approximate surface area is 92.7 Å². The molecule has 0 radical (unpaired) electrons. The standard InChI is InChI=1S/C11H10ClNO2/c1-11(13-7-14)5-8-3-2-4-9(12)10(8)15-6-11/h2-4H,5-6H2,1H3. The summed E-state index contributed by atoms with van der Waals surface area (Å²) in [5.41, 5.74) is 0.467. The van der Waals surface area contributed by atoms with Crippen molar-refractivity contribution in [2.75, 3.05) is 6.61 Å². The van der Waals surface area contributed by atoms with E-state index in [1.165, 1.54) is 0 Å². The second kappa shape index (κ2) is 3.69. The number of hydrogen-bond acceptors (Lipinski definition) is 3. The Morgan fingerprint density at radius 3 is 3.13 bits per heavy atom. The molecule has 15 heavy (non-hydrogen) atoms. The highest BCUT2D eigenvalue weighted by atomic mass is 35.5. The maximum atomic E-state index is 10.3. The fourth-order valence-corrected chi connectivity index (χ4v) is 1.97. The lowest BCUT2D eigenvalue weighted by atomic mass is 9.91. The van der Waals surface area contributed by atoms with Crippen molar-refractivity contribution in [1.29, 1.82) is 0 Å². The first kappa shape index (κ1) is 10.2. The molecule has 1 aliphatic heterocycles. The first-order chi connectivity index (χ1) is 7.14. The zero-order valence-electron chi connectivity index (χ0n) is 8.29. The predicted molar refractivity (Wildman–Crippen MR) is 57.2 cm³/mol. The van der Waals surface area contributed by atoms with Crippen LogP contribution in [0.1, 0.15) is 12.5 Å².